The van der Waals surface area contributed by atoms with Gasteiger partial charge >= 0.3 is 0 Å². The Balaban J connectivity index is 1.29. The van der Waals surface area contributed by atoms with Crippen LogP contribution in [0.1, 0.15) is 29.2 Å². The molecule has 0 atom stereocenters. The molecule has 0 unspecified atom stereocenters. The number of benzene rings is 2. The van der Waals surface area contributed by atoms with Gasteiger partial charge in [0.15, 0.2) is 0 Å². The van der Waals surface area contributed by atoms with Crippen LogP contribution in [0, 0.1) is 5.92 Å². The highest BCUT2D eigenvalue weighted by Gasteiger charge is 2.30. The molecule has 36 heavy (non-hydrogen) atoms. The van der Waals surface area contributed by atoms with Gasteiger partial charge in [0.2, 0.25) is 0 Å². The molecule has 4 aromatic rings. The van der Waals surface area contributed by atoms with Crippen molar-refractivity contribution in [1.82, 2.24) is 14.3 Å². The molecule has 1 aliphatic rings. The van der Waals surface area contributed by atoms with E-state index in [4.69, 9.17) is 0 Å². The molecular formula is C31H30N5. The third-order valence-electron chi connectivity index (χ3n) is 6.41. The number of aromatic nitrogens is 3. The Morgan fingerprint density at radius 2 is 1.83 bits per heavy atom. The maximum Gasteiger partial charge on any atom is 0.100 e. The number of rotatable bonds is 9. The molecule has 179 valence electrons. The van der Waals surface area contributed by atoms with Crippen LogP contribution in [0.15, 0.2) is 114 Å². The first-order chi connectivity index (χ1) is 17.5. The predicted octanol–water partition coefficient (Wildman–Crippen LogP) is 7.15. The van der Waals surface area contributed by atoms with Gasteiger partial charge in [0.05, 0.1) is 17.3 Å². The van der Waals surface area contributed by atoms with E-state index in [1.165, 1.54) is 28.2 Å². The topological polar surface area (TPSA) is 47.5 Å². The Morgan fingerprint density at radius 3 is 2.58 bits per heavy atom. The summed E-state index contributed by atoms with van der Waals surface area (Å²) in [5, 5.41) is 8.23. The van der Waals surface area contributed by atoms with Crippen molar-refractivity contribution in [2.75, 3.05) is 7.05 Å². The second-order valence-electron chi connectivity index (χ2n) is 9.05. The lowest BCUT2D eigenvalue weighted by molar-refractivity contribution is 0.462. The van der Waals surface area contributed by atoms with Crippen LogP contribution in [-0.4, -0.2) is 21.4 Å². The minimum absolute atomic E-state index is 0.783. The van der Waals surface area contributed by atoms with Crippen LogP contribution in [0.5, 0.6) is 0 Å². The number of hydrogen-bond acceptors (Lipinski definition) is 3. The van der Waals surface area contributed by atoms with Crippen molar-refractivity contribution >= 4 is 11.3 Å². The Labute approximate surface area is 212 Å². The molecule has 2 heterocycles. The SMILES string of the molecule is C=C(C)/C=C(\N=NC)c1ccnc(-c2cn(CCc3ccccc3[C]3C=C3c3ccccc3)n2C)c1. The van der Waals surface area contributed by atoms with Crippen molar-refractivity contribution in [3.63, 3.8) is 0 Å². The average molecular weight is 473 g/mol. The summed E-state index contributed by atoms with van der Waals surface area (Å²) in [7, 11) is 3.75. The molecule has 0 amide bonds. The van der Waals surface area contributed by atoms with E-state index >= 15 is 0 Å². The van der Waals surface area contributed by atoms with Gasteiger partial charge in [-0.2, -0.15) is 10.2 Å². The second-order valence-corrected chi connectivity index (χ2v) is 9.05. The molecule has 1 radical (unpaired) electrons. The van der Waals surface area contributed by atoms with E-state index < -0.39 is 0 Å². The van der Waals surface area contributed by atoms with Gasteiger partial charge in [0.1, 0.15) is 5.69 Å². The van der Waals surface area contributed by atoms with E-state index in [0.29, 0.717) is 0 Å². The van der Waals surface area contributed by atoms with Crippen LogP contribution in [0.2, 0.25) is 0 Å². The van der Waals surface area contributed by atoms with E-state index in [1.54, 1.807) is 7.05 Å². The molecule has 1 aliphatic carbocycles. The summed E-state index contributed by atoms with van der Waals surface area (Å²) in [6.45, 7) is 6.82. The summed E-state index contributed by atoms with van der Waals surface area (Å²) in [5.41, 5.74) is 10.0. The zero-order chi connectivity index (χ0) is 25.1. The van der Waals surface area contributed by atoms with Crippen molar-refractivity contribution in [2.45, 2.75) is 19.9 Å². The fourth-order valence-corrected chi connectivity index (χ4v) is 4.50. The molecule has 5 rings (SSSR count). The number of azo groups is 1. The number of allylic oxidation sites excluding steroid dienone is 4. The molecule has 5 nitrogen and oxygen atoms in total. The number of hydrogen-bond donors (Lipinski definition) is 0. The van der Waals surface area contributed by atoms with Crippen molar-refractivity contribution in [1.29, 1.82) is 0 Å². The molecule has 2 aromatic heterocycles. The second kappa shape index (κ2) is 10.2. The van der Waals surface area contributed by atoms with Crippen LogP contribution in [0.4, 0.5) is 0 Å². The number of nitrogens with zero attached hydrogens (tertiary/aromatic N) is 5. The normalized spacial score (nSPS) is 13.9. The quantitative estimate of drug-likeness (QED) is 0.188. The van der Waals surface area contributed by atoms with Gasteiger partial charge in [-0.3, -0.25) is 14.3 Å². The molecule has 0 aliphatic heterocycles. The van der Waals surface area contributed by atoms with Gasteiger partial charge in [0, 0.05) is 38.6 Å². The summed E-state index contributed by atoms with van der Waals surface area (Å²) in [6, 6.07) is 23.3. The fourth-order valence-electron chi connectivity index (χ4n) is 4.50. The third-order valence-corrected chi connectivity index (χ3v) is 6.41. The molecule has 0 spiro atoms. The maximum atomic E-state index is 4.60. The minimum atomic E-state index is 0.783. The molecule has 0 bridgehead atoms. The van der Waals surface area contributed by atoms with Gasteiger partial charge in [-0.1, -0.05) is 72.8 Å². The smallest absolute Gasteiger partial charge is 0.100 e. The van der Waals surface area contributed by atoms with Crippen molar-refractivity contribution in [2.24, 2.45) is 17.3 Å². The lowest BCUT2D eigenvalue weighted by Gasteiger charge is -2.24. The molecule has 0 saturated heterocycles. The van der Waals surface area contributed by atoms with E-state index in [-0.39, 0.29) is 0 Å². The Bertz CT molecular complexity index is 1480. The Morgan fingerprint density at radius 1 is 1.06 bits per heavy atom. The predicted molar refractivity (Wildman–Crippen MR) is 147 cm³/mol. The summed E-state index contributed by atoms with van der Waals surface area (Å²) in [6.07, 6.45) is 9.16. The van der Waals surface area contributed by atoms with Crippen molar-refractivity contribution in [3.05, 3.63) is 132 Å². The molecule has 0 N–H and O–H groups in total. The van der Waals surface area contributed by atoms with Gasteiger partial charge in [-0.15, -0.1) is 0 Å². The fraction of sp³-hybridized carbons (Fsp3) is 0.161. The maximum absolute atomic E-state index is 4.60. The molecule has 5 heteroatoms. The molecule has 2 aromatic carbocycles. The minimum Gasteiger partial charge on any atom is -0.290 e. The number of pyridine rings is 1. The standard InChI is InChI=1S/C31H30N5/c1-22(2)18-29(34-32-3)25-14-16-33-30(19-25)31-21-36(35(31)4)17-15-24-12-8-9-13-26(24)28-20-27(28)23-10-6-5-7-11-23/h5-14,16,18-21H,1,15,17H2,2-4H3/b29-18-,34-32?. The molecular weight excluding hydrogens is 442 g/mol. The number of aryl methyl sites for hydroxylation is 2. The summed E-state index contributed by atoms with van der Waals surface area (Å²) in [5.74, 6) is 1.36. The van der Waals surface area contributed by atoms with E-state index in [0.717, 1.165) is 41.2 Å². The van der Waals surface area contributed by atoms with Crippen LogP contribution in [0.3, 0.4) is 0 Å². The summed E-state index contributed by atoms with van der Waals surface area (Å²) < 4.78 is 4.40. The molecule has 0 saturated carbocycles. The van der Waals surface area contributed by atoms with Gasteiger partial charge < -0.3 is 0 Å². The van der Waals surface area contributed by atoms with Crippen LogP contribution < -0.4 is 0 Å². The van der Waals surface area contributed by atoms with E-state index in [2.05, 4.69) is 111 Å². The lowest BCUT2D eigenvalue weighted by Crippen LogP contribution is -2.22. The zero-order valence-corrected chi connectivity index (χ0v) is 21.0. The Hall–Kier alpha value is -4.25. The van der Waals surface area contributed by atoms with Gasteiger partial charge in [-0.25, -0.2) is 0 Å². The van der Waals surface area contributed by atoms with Crippen molar-refractivity contribution in [3.8, 4) is 11.4 Å². The highest BCUT2D eigenvalue weighted by molar-refractivity contribution is 5.98. The lowest BCUT2D eigenvalue weighted by atomic mass is 9.96. The Kier molecular flexibility index (Phi) is 6.63. The third kappa shape index (κ3) is 4.91. The highest BCUT2D eigenvalue weighted by Crippen LogP contribution is 2.46. The summed E-state index contributed by atoms with van der Waals surface area (Å²) in [4.78, 5) is 4.60. The monoisotopic (exact) mass is 472 g/mol. The largest absolute Gasteiger partial charge is 0.290 e. The first-order valence-corrected chi connectivity index (χ1v) is 12.1. The van der Waals surface area contributed by atoms with Gasteiger partial charge in [-0.05, 0) is 53.8 Å². The molecule has 0 fully saturated rings. The van der Waals surface area contributed by atoms with Crippen molar-refractivity contribution < 1.29 is 0 Å². The first-order valence-electron chi connectivity index (χ1n) is 12.1. The zero-order valence-electron chi connectivity index (χ0n) is 21.0. The van der Waals surface area contributed by atoms with Crippen LogP contribution in [0.25, 0.3) is 22.7 Å². The highest BCUT2D eigenvalue weighted by atomic mass is 15.4. The average Bonchev–Trinajstić information content (AvgIpc) is 3.69. The van der Waals surface area contributed by atoms with Crippen LogP contribution >= 0.6 is 0 Å². The summed E-state index contributed by atoms with van der Waals surface area (Å²) >= 11 is 0. The van der Waals surface area contributed by atoms with Crippen LogP contribution in [-0.2, 0) is 20.0 Å². The van der Waals surface area contributed by atoms with Gasteiger partial charge in [0.25, 0.3) is 0 Å². The first kappa shape index (κ1) is 23.5. The van der Waals surface area contributed by atoms with E-state index in [9.17, 15) is 0 Å². The van der Waals surface area contributed by atoms with E-state index in [1.807, 2.05) is 25.3 Å².